The Labute approximate surface area is 120 Å². The largest absolute Gasteiger partial charge is 0.363 e. The van der Waals surface area contributed by atoms with Gasteiger partial charge in [0.1, 0.15) is 5.82 Å². The van der Waals surface area contributed by atoms with E-state index < -0.39 is 0 Å². The van der Waals surface area contributed by atoms with Crippen molar-refractivity contribution >= 4 is 5.69 Å². The van der Waals surface area contributed by atoms with Crippen molar-refractivity contribution in [1.29, 1.82) is 0 Å². The Balaban J connectivity index is 1.91. The summed E-state index contributed by atoms with van der Waals surface area (Å²) < 4.78 is 14.4. The second kappa shape index (κ2) is 5.70. The molecule has 4 heteroatoms. The molecular weight excluding hydrogens is 253 g/mol. The maximum atomic E-state index is 14.4. The lowest BCUT2D eigenvalue weighted by Crippen LogP contribution is -2.55. The van der Waals surface area contributed by atoms with Crippen molar-refractivity contribution in [3.63, 3.8) is 0 Å². The highest BCUT2D eigenvalue weighted by atomic mass is 19.1. The van der Waals surface area contributed by atoms with Crippen LogP contribution in [0.1, 0.15) is 25.3 Å². The molecule has 0 bridgehead atoms. The van der Waals surface area contributed by atoms with Crippen LogP contribution in [0, 0.1) is 5.82 Å². The fourth-order valence-corrected chi connectivity index (χ4v) is 3.71. The van der Waals surface area contributed by atoms with Crippen LogP contribution >= 0.6 is 0 Å². The topological polar surface area (TPSA) is 18.5 Å². The fourth-order valence-electron chi connectivity index (χ4n) is 3.71. The average Bonchev–Trinajstić information content (AvgIpc) is 2.86. The molecule has 0 spiro atoms. The van der Waals surface area contributed by atoms with Crippen LogP contribution in [0.3, 0.4) is 0 Å². The molecule has 2 heterocycles. The number of nitrogens with zero attached hydrogens (tertiary/aromatic N) is 2. The Kier molecular flexibility index (Phi) is 3.94. The smallest absolute Gasteiger partial charge is 0.146 e. The number of para-hydroxylation sites is 1. The van der Waals surface area contributed by atoms with Gasteiger partial charge in [-0.3, -0.25) is 4.90 Å². The zero-order chi connectivity index (χ0) is 14.1. The van der Waals surface area contributed by atoms with Gasteiger partial charge in [0, 0.05) is 31.7 Å². The summed E-state index contributed by atoms with van der Waals surface area (Å²) in [7, 11) is 1.91. The van der Waals surface area contributed by atoms with Gasteiger partial charge in [0.25, 0.3) is 0 Å². The Hall–Kier alpha value is -1.13. The molecule has 3 rings (SSSR count). The van der Waals surface area contributed by atoms with Crippen LogP contribution in [0.15, 0.2) is 18.2 Å². The van der Waals surface area contributed by atoms with Gasteiger partial charge in [-0.1, -0.05) is 12.1 Å². The number of anilines is 1. The molecule has 2 atom stereocenters. The second-order valence-corrected chi connectivity index (χ2v) is 6.07. The minimum Gasteiger partial charge on any atom is -0.363 e. The van der Waals surface area contributed by atoms with Crippen molar-refractivity contribution in [2.24, 2.45) is 0 Å². The van der Waals surface area contributed by atoms with Gasteiger partial charge in [0.15, 0.2) is 0 Å². The van der Waals surface area contributed by atoms with Crippen molar-refractivity contribution in [3.05, 3.63) is 29.6 Å². The molecule has 0 aliphatic carbocycles. The number of piperazine rings is 1. The lowest BCUT2D eigenvalue weighted by Gasteiger charge is -2.44. The van der Waals surface area contributed by atoms with Crippen LogP contribution < -0.4 is 10.2 Å². The summed E-state index contributed by atoms with van der Waals surface area (Å²) in [5.74, 6) is -0.0870. The normalized spacial score (nSPS) is 26.9. The SMILES string of the molecule is CNCc1cccc(F)c1N1CC2CCCN2CC1C. The predicted molar refractivity (Wildman–Crippen MR) is 80.6 cm³/mol. The Morgan fingerprint density at radius 1 is 1.35 bits per heavy atom. The van der Waals surface area contributed by atoms with E-state index in [4.69, 9.17) is 0 Å². The monoisotopic (exact) mass is 277 g/mol. The first kappa shape index (κ1) is 13.8. The Morgan fingerprint density at radius 3 is 3.00 bits per heavy atom. The summed E-state index contributed by atoms with van der Waals surface area (Å²) in [6.07, 6.45) is 2.53. The van der Waals surface area contributed by atoms with Crippen LogP contribution in [-0.4, -0.2) is 43.7 Å². The molecular formula is C16H24FN3. The van der Waals surface area contributed by atoms with Crippen molar-refractivity contribution in [2.75, 3.05) is 31.6 Å². The summed E-state index contributed by atoms with van der Waals surface area (Å²) in [5, 5.41) is 3.15. The number of hydrogen-bond acceptors (Lipinski definition) is 3. The first-order valence-electron chi connectivity index (χ1n) is 7.63. The van der Waals surface area contributed by atoms with Crippen molar-refractivity contribution < 1.29 is 4.39 Å². The van der Waals surface area contributed by atoms with Gasteiger partial charge in [0.2, 0.25) is 0 Å². The second-order valence-electron chi connectivity index (χ2n) is 6.07. The van der Waals surface area contributed by atoms with E-state index in [1.807, 2.05) is 19.2 Å². The fraction of sp³-hybridized carbons (Fsp3) is 0.625. The molecule has 3 nitrogen and oxygen atoms in total. The molecule has 20 heavy (non-hydrogen) atoms. The van der Waals surface area contributed by atoms with Crippen molar-refractivity contribution in [2.45, 2.75) is 38.4 Å². The first-order valence-corrected chi connectivity index (χ1v) is 7.63. The van der Waals surface area contributed by atoms with Gasteiger partial charge in [-0.25, -0.2) is 4.39 Å². The molecule has 1 N–H and O–H groups in total. The number of fused-ring (bicyclic) bond motifs is 1. The lowest BCUT2D eigenvalue weighted by atomic mass is 10.0. The van der Waals surface area contributed by atoms with Crippen LogP contribution in [0.5, 0.6) is 0 Å². The van der Waals surface area contributed by atoms with E-state index in [0.717, 1.165) is 24.3 Å². The zero-order valence-electron chi connectivity index (χ0n) is 12.4. The highest BCUT2D eigenvalue weighted by Gasteiger charge is 2.35. The Bertz CT molecular complexity index is 477. The van der Waals surface area contributed by atoms with E-state index in [1.165, 1.54) is 19.4 Å². The lowest BCUT2D eigenvalue weighted by molar-refractivity contribution is 0.202. The van der Waals surface area contributed by atoms with E-state index in [-0.39, 0.29) is 5.82 Å². The number of hydrogen-bond donors (Lipinski definition) is 1. The molecule has 2 saturated heterocycles. The standard InChI is InChI=1S/C16H24FN3/c1-12-10-19-8-4-6-14(19)11-20(12)16-13(9-18-2)5-3-7-15(16)17/h3,5,7,12,14,18H,4,6,8-11H2,1-2H3. The summed E-state index contributed by atoms with van der Waals surface area (Å²) >= 11 is 0. The Morgan fingerprint density at radius 2 is 2.20 bits per heavy atom. The maximum absolute atomic E-state index is 14.4. The summed E-state index contributed by atoms with van der Waals surface area (Å²) in [4.78, 5) is 4.86. The third-order valence-electron chi connectivity index (χ3n) is 4.66. The summed E-state index contributed by atoms with van der Waals surface area (Å²) in [6.45, 7) is 6.15. The molecule has 0 amide bonds. The minimum absolute atomic E-state index is 0.0870. The molecule has 2 fully saturated rings. The van der Waals surface area contributed by atoms with Gasteiger partial charge in [-0.2, -0.15) is 0 Å². The van der Waals surface area contributed by atoms with E-state index in [1.54, 1.807) is 6.07 Å². The maximum Gasteiger partial charge on any atom is 0.146 e. The van der Waals surface area contributed by atoms with E-state index in [2.05, 4.69) is 22.0 Å². The molecule has 2 aliphatic rings. The molecule has 2 aliphatic heterocycles. The predicted octanol–water partition coefficient (Wildman–Crippen LogP) is 2.22. The van der Waals surface area contributed by atoms with Crippen LogP contribution in [-0.2, 0) is 6.54 Å². The van der Waals surface area contributed by atoms with Crippen molar-refractivity contribution in [3.8, 4) is 0 Å². The number of nitrogens with one attached hydrogen (secondary N) is 1. The number of benzene rings is 1. The summed E-state index contributed by atoms with van der Waals surface area (Å²) in [6, 6.07) is 6.40. The van der Waals surface area contributed by atoms with Crippen LogP contribution in [0.2, 0.25) is 0 Å². The molecule has 110 valence electrons. The molecule has 2 unspecified atom stereocenters. The van der Waals surface area contributed by atoms with Gasteiger partial charge in [-0.15, -0.1) is 0 Å². The highest BCUT2D eigenvalue weighted by molar-refractivity contribution is 5.56. The first-order chi connectivity index (χ1) is 9.70. The van der Waals surface area contributed by atoms with Gasteiger partial charge >= 0.3 is 0 Å². The van der Waals surface area contributed by atoms with Crippen molar-refractivity contribution in [1.82, 2.24) is 10.2 Å². The highest BCUT2D eigenvalue weighted by Crippen LogP contribution is 2.32. The zero-order valence-corrected chi connectivity index (χ0v) is 12.4. The van der Waals surface area contributed by atoms with Gasteiger partial charge in [-0.05, 0) is 45.0 Å². The number of halogens is 1. The van der Waals surface area contributed by atoms with E-state index in [9.17, 15) is 4.39 Å². The quantitative estimate of drug-likeness (QED) is 0.914. The van der Waals surface area contributed by atoms with Gasteiger partial charge in [0.05, 0.1) is 5.69 Å². The average molecular weight is 277 g/mol. The summed E-state index contributed by atoms with van der Waals surface area (Å²) in [5.41, 5.74) is 1.87. The molecule has 1 aromatic rings. The van der Waals surface area contributed by atoms with Gasteiger partial charge < -0.3 is 10.2 Å². The molecule has 0 saturated carbocycles. The van der Waals surface area contributed by atoms with E-state index >= 15 is 0 Å². The van der Waals surface area contributed by atoms with Crippen LogP contribution in [0.4, 0.5) is 10.1 Å². The third kappa shape index (κ3) is 2.42. The molecule has 0 aromatic heterocycles. The third-order valence-corrected chi connectivity index (χ3v) is 4.66. The molecule has 1 aromatic carbocycles. The molecule has 0 radical (unpaired) electrons. The number of rotatable bonds is 3. The minimum atomic E-state index is -0.0870. The van der Waals surface area contributed by atoms with Crippen LogP contribution in [0.25, 0.3) is 0 Å². The van der Waals surface area contributed by atoms with E-state index in [0.29, 0.717) is 18.6 Å².